The third-order valence-electron chi connectivity index (χ3n) is 4.83. The summed E-state index contributed by atoms with van der Waals surface area (Å²) in [6.07, 6.45) is 0.939. The van der Waals surface area contributed by atoms with Crippen LogP contribution < -0.4 is 5.56 Å². The lowest BCUT2D eigenvalue weighted by Gasteiger charge is -2.21. The van der Waals surface area contributed by atoms with Crippen LogP contribution in [0.1, 0.15) is 21.1 Å². The minimum absolute atomic E-state index is 0.128. The summed E-state index contributed by atoms with van der Waals surface area (Å²) in [5.41, 5.74) is 1.80. The summed E-state index contributed by atoms with van der Waals surface area (Å²) in [6, 6.07) is 19.9. The van der Waals surface area contributed by atoms with E-state index < -0.39 is 0 Å². The molecular weight excluding hydrogens is 402 g/mol. The molecule has 0 aliphatic carbocycles. The van der Waals surface area contributed by atoms with Gasteiger partial charge in [-0.3, -0.25) is 9.69 Å². The van der Waals surface area contributed by atoms with E-state index >= 15 is 0 Å². The van der Waals surface area contributed by atoms with Crippen LogP contribution in [0, 0.1) is 6.92 Å². The van der Waals surface area contributed by atoms with Gasteiger partial charge < -0.3 is 4.98 Å². The maximum absolute atomic E-state index is 12.5. The highest BCUT2D eigenvalue weighted by atomic mass is 35.5. The van der Waals surface area contributed by atoms with Crippen LogP contribution in [-0.2, 0) is 19.5 Å². The van der Waals surface area contributed by atoms with Gasteiger partial charge in [0.25, 0.3) is 5.56 Å². The van der Waals surface area contributed by atoms with E-state index in [1.807, 2.05) is 6.07 Å². The van der Waals surface area contributed by atoms with E-state index in [1.165, 1.54) is 15.3 Å². The van der Waals surface area contributed by atoms with Gasteiger partial charge in [0.1, 0.15) is 5.82 Å². The fraction of sp³-hybridized carbons (Fsp3) is 0.217. The molecule has 0 aliphatic heterocycles. The minimum Gasteiger partial charge on any atom is -0.309 e. The number of hydrogen-bond donors (Lipinski definition) is 1. The second-order valence-corrected chi connectivity index (χ2v) is 8.94. The van der Waals surface area contributed by atoms with E-state index in [0.29, 0.717) is 28.3 Å². The number of aryl methyl sites for hydroxylation is 1. The summed E-state index contributed by atoms with van der Waals surface area (Å²) in [4.78, 5) is 25.0. The summed E-state index contributed by atoms with van der Waals surface area (Å²) >= 11 is 7.90. The lowest BCUT2D eigenvalue weighted by atomic mass is 10.1. The maximum Gasteiger partial charge on any atom is 0.258 e. The first-order valence-electron chi connectivity index (χ1n) is 9.57. The molecule has 0 aliphatic rings. The molecule has 2 aromatic carbocycles. The van der Waals surface area contributed by atoms with Crippen molar-refractivity contribution in [1.29, 1.82) is 0 Å². The first kappa shape index (κ1) is 19.8. The van der Waals surface area contributed by atoms with Crippen molar-refractivity contribution in [3.63, 3.8) is 0 Å². The van der Waals surface area contributed by atoms with E-state index in [1.54, 1.807) is 29.5 Å². The predicted octanol–water partition coefficient (Wildman–Crippen LogP) is 5.19. The third-order valence-corrected chi connectivity index (χ3v) is 6.05. The second-order valence-electron chi connectivity index (χ2n) is 7.13. The van der Waals surface area contributed by atoms with Crippen LogP contribution >= 0.6 is 22.9 Å². The molecule has 0 atom stereocenters. The summed E-state index contributed by atoms with van der Waals surface area (Å²) in [6.45, 7) is 4.39. The molecule has 0 saturated heterocycles. The smallest absolute Gasteiger partial charge is 0.258 e. The molecule has 2 heterocycles. The number of aromatic nitrogens is 2. The molecule has 4 nitrogen and oxygen atoms in total. The second kappa shape index (κ2) is 8.91. The van der Waals surface area contributed by atoms with Gasteiger partial charge in [-0.2, -0.15) is 0 Å². The highest BCUT2D eigenvalue weighted by molar-refractivity contribution is 7.11. The van der Waals surface area contributed by atoms with E-state index in [4.69, 9.17) is 11.6 Å². The first-order valence-corrected chi connectivity index (χ1v) is 10.8. The zero-order valence-corrected chi connectivity index (χ0v) is 17.8. The molecule has 4 rings (SSSR count). The first-order chi connectivity index (χ1) is 14.1. The number of benzene rings is 2. The SMILES string of the molecule is Cc1ccc(CN(CCc2ccccc2)Cc2nc3cc(Cl)ccc3c(=O)[nH]2)s1. The molecule has 0 bridgehead atoms. The summed E-state index contributed by atoms with van der Waals surface area (Å²) < 4.78 is 0. The lowest BCUT2D eigenvalue weighted by Crippen LogP contribution is -2.27. The van der Waals surface area contributed by atoms with Gasteiger partial charge in [-0.05, 0) is 49.2 Å². The van der Waals surface area contributed by atoms with Crippen molar-refractivity contribution in [2.75, 3.05) is 6.54 Å². The number of fused-ring (bicyclic) bond motifs is 1. The van der Waals surface area contributed by atoms with Crippen molar-refractivity contribution in [1.82, 2.24) is 14.9 Å². The van der Waals surface area contributed by atoms with Crippen molar-refractivity contribution in [2.24, 2.45) is 0 Å². The minimum atomic E-state index is -0.128. The van der Waals surface area contributed by atoms with Gasteiger partial charge in [0.15, 0.2) is 0 Å². The molecule has 0 spiro atoms. The molecule has 0 amide bonds. The predicted molar refractivity (Wildman–Crippen MR) is 121 cm³/mol. The molecular formula is C23H22ClN3OS. The number of rotatable bonds is 7. The maximum atomic E-state index is 12.5. The van der Waals surface area contributed by atoms with Gasteiger partial charge >= 0.3 is 0 Å². The molecule has 4 aromatic rings. The molecule has 2 aromatic heterocycles. The average molecular weight is 424 g/mol. The quantitative estimate of drug-likeness (QED) is 0.445. The zero-order valence-electron chi connectivity index (χ0n) is 16.2. The Morgan fingerprint density at radius 1 is 1.07 bits per heavy atom. The topological polar surface area (TPSA) is 49.0 Å². The van der Waals surface area contributed by atoms with Crippen molar-refractivity contribution in [3.8, 4) is 0 Å². The number of aromatic amines is 1. The van der Waals surface area contributed by atoms with Crippen molar-refractivity contribution >= 4 is 33.8 Å². The van der Waals surface area contributed by atoms with Crippen LogP contribution in [0.25, 0.3) is 10.9 Å². The number of hydrogen-bond acceptors (Lipinski definition) is 4. The molecule has 1 N–H and O–H groups in total. The average Bonchev–Trinajstić information content (AvgIpc) is 3.11. The van der Waals surface area contributed by atoms with Crippen LogP contribution in [-0.4, -0.2) is 21.4 Å². The molecule has 0 saturated carbocycles. The Labute approximate surface area is 178 Å². The molecule has 29 heavy (non-hydrogen) atoms. The molecule has 0 fully saturated rings. The van der Waals surface area contributed by atoms with Crippen molar-refractivity contribution in [3.05, 3.63) is 97.2 Å². The Balaban J connectivity index is 1.58. The summed E-state index contributed by atoms with van der Waals surface area (Å²) in [5, 5.41) is 1.14. The monoisotopic (exact) mass is 423 g/mol. The summed E-state index contributed by atoms with van der Waals surface area (Å²) in [7, 11) is 0. The van der Waals surface area contributed by atoms with E-state index in [-0.39, 0.29) is 5.56 Å². The van der Waals surface area contributed by atoms with Crippen molar-refractivity contribution < 1.29 is 0 Å². The van der Waals surface area contributed by atoms with E-state index in [9.17, 15) is 4.79 Å². The Morgan fingerprint density at radius 3 is 2.66 bits per heavy atom. The van der Waals surface area contributed by atoms with Crippen LogP contribution in [0.5, 0.6) is 0 Å². The van der Waals surface area contributed by atoms with Gasteiger partial charge in [-0.25, -0.2) is 4.98 Å². The number of halogens is 1. The fourth-order valence-corrected chi connectivity index (χ4v) is 4.48. The Kier molecular flexibility index (Phi) is 6.09. The van der Waals surface area contributed by atoms with Gasteiger partial charge in [0.2, 0.25) is 0 Å². The van der Waals surface area contributed by atoms with Crippen LogP contribution in [0.2, 0.25) is 5.02 Å². The molecule has 6 heteroatoms. The van der Waals surface area contributed by atoms with Crippen LogP contribution in [0.4, 0.5) is 0 Å². The number of thiophene rings is 1. The van der Waals surface area contributed by atoms with Gasteiger partial charge in [-0.15, -0.1) is 11.3 Å². The highest BCUT2D eigenvalue weighted by Crippen LogP contribution is 2.19. The number of H-pyrrole nitrogens is 1. The fourth-order valence-electron chi connectivity index (χ4n) is 3.38. The third kappa shape index (κ3) is 5.12. The highest BCUT2D eigenvalue weighted by Gasteiger charge is 2.12. The molecule has 148 valence electrons. The zero-order chi connectivity index (χ0) is 20.2. The molecule has 0 radical (unpaired) electrons. The Bertz CT molecular complexity index is 1170. The standard InChI is InChI=1S/C23H22ClN3OS/c1-16-7-9-19(29-16)14-27(12-11-17-5-3-2-4-6-17)15-22-25-21-13-18(24)8-10-20(21)23(28)26-22/h2-10,13H,11-12,14-15H2,1H3,(H,25,26,28). The van der Waals surface area contributed by atoms with Gasteiger partial charge in [0.05, 0.1) is 17.4 Å². The van der Waals surface area contributed by atoms with Gasteiger partial charge in [0, 0.05) is 27.9 Å². The number of nitrogens with zero attached hydrogens (tertiary/aromatic N) is 2. The Hall–Kier alpha value is -2.47. The van der Waals surface area contributed by atoms with Crippen LogP contribution in [0.3, 0.4) is 0 Å². The largest absolute Gasteiger partial charge is 0.309 e. The van der Waals surface area contributed by atoms with E-state index in [2.05, 4.69) is 58.2 Å². The van der Waals surface area contributed by atoms with Crippen molar-refractivity contribution in [2.45, 2.75) is 26.4 Å². The normalized spacial score (nSPS) is 11.4. The summed E-state index contributed by atoms with van der Waals surface area (Å²) in [5.74, 6) is 0.658. The van der Waals surface area contributed by atoms with Gasteiger partial charge in [-0.1, -0.05) is 41.9 Å². The lowest BCUT2D eigenvalue weighted by molar-refractivity contribution is 0.256. The van der Waals surface area contributed by atoms with E-state index in [0.717, 1.165) is 19.5 Å². The molecule has 0 unspecified atom stereocenters. The van der Waals surface area contributed by atoms with Crippen LogP contribution in [0.15, 0.2) is 65.5 Å². The number of nitrogens with one attached hydrogen (secondary N) is 1. The Morgan fingerprint density at radius 2 is 1.90 bits per heavy atom.